The number of aliphatic hydroxyl groups is 1. The molecule has 26 heavy (non-hydrogen) atoms. The number of carbonyl (C=O) groups is 2. The Morgan fingerprint density at radius 2 is 2.04 bits per heavy atom. The highest BCUT2D eigenvalue weighted by atomic mass is 35.5. The second-order valence-electron chi connectivity index (χ2n) is 7.94. The zero-order valence-electron chi connectivity index (χ0n) is 15.4. The molecule has 142 valence electrons. The number of likely N-dealkylation sites (tertiary alicyclic amines) is 1. The van der Waals surface area contributed by atoms with Gasteiger partial charge in [-0.2, -0.15) is 0 Å². The van der Waals surface area contributed by atoms with Gasteiger partial charge in [0.25, 0.3) is 0 Å². The minimum atomic E-state index is -0.581. The number of rotatable bonds is 4. The summed E-state index contributed by atoms with van der Waals surface area (Å²) in [4.78, 5) is 26.0. The predicted octanol–water partition coefficient (Wildman–Crippen LogP) is 3.38. The third kappa shape index (κ3) is 4.38. The van der Waals surface area contributed by atoms with Crippen LogP contribution in [-0.2, 0) is 16.0 Å². The lowest BCUT2D eigenvalue weighted by molar-refractivity contribution is -0.134. The summed E-state index contributed by atoms with van der Waals surface area (Å²) in [6.45, 7) is 4.13. The van der Waals surface area contributed by atoms with Gasteiger partial charge in [0, 0.05) is 36.1 Å². The van der Waals surface area contributed by atoms with Gasteiger partial charge < -0.3 is 15.3 Å². The van der Waals surface area contributed by atoms with E-state index in [2.05, 4.69) is 5.32 Å². The van der Waals surface area contributed by atoms with Gasteiger partial charge in [0.1, 0.15) is 0 Å². The molecular formula is C20H27ClN2O3. The number of nitrogens with zero attached hydrogens (tertiary/aromatic N) is 1. The first-order valence-corrected chi connectivity index (χ1v) is 9.72. The molecule has 1 saturated heterocycles. The van der Waals surface area contributed by atoms with Crippen molar-refractivity contribution in [2.24, 2.45) is 5.92 Å². The molecule has 1 unspecified atom stereocenters. The van der Waals surface area contributed by atoms with Crippen LogP contribution in [0.2, 0.25) is 5.02 Å². The lowest BCUT2D eigenvalue weighted by Gasteiger charge is -2.37. The standard InChI is InChI=1S/C20H27ClN2O3/c1-13(24)22-16-4-3-14(18(21)12-16)11-15-7-10-23(19(15)25)17-5-8-20(2,26)9-6-17/h3-4,12,15,17,26H,5-11H2,1-2H3,(H,22,24). The maximum Gasteiger partial charge on any atom is 0.226 e. The molecule has 1 aromatic carbocycles. The average molecular weight is 379 g/mol. The Kier molecular flexibility index (Phi) is 5.58. The predicted molar refractivity (Wildman–Crippen MR) is 102 cm³/mol. The van der Waals surface area contributed by atoms with Crippen molar-refractivity contribution in [3.63, 3.8) is 0 Å². The molecule has 2 N–H and O–H groups in total. The molecule has 1 saturated carbocycles. The minimum absolute atomic E-state index is 0.0402. The summed E-state index contributed by atoms with van der Waals surface area (Å²) in [5.74, 6) is 0.0296. The van der Waals surface area contributed by atoms with E-state index in [4.69, 9.17) is 11.6 Å². The smallest absolute Gasteiger partial charge is 0.226 e. The highest BCUT2D eigenvalue weighted by Gasteiger charge is 2.39. The Hall–Kier alpha value is -1.59. The van der Waals surface area contributed by atoms with Crippen LogP contribution >= 0.6 is 11.6 Å². The van der Waals surface area contributed by atoms with Gasteiger partial charge in [0.2, 0.25) is 11.8 Å². The van der Waals surface area contributed by atoms with Crippen LogP contribution in [0, 0.1) is 5.92 Å². The number of amides is 2. The maximum absolute atomic E-state index is 12.9. The lowest BCUT2D eigenvalue weighted by Crippen LogP contribution is -2.43. The van der Waals surface area contributed by atoms with Gasteiger partial charge in [-0.1, -0.05) is 17.7 Å². The largest absolute Gasteiger partial charge is 0.390 e. The Bertz CT molecular complexity index is 694. The van der Waals surface area contributed by atoms with E-state index >= 15 is 0 Å². The zero-order chi connectivity index (χ0) is 18.9. The molecular weight excluding hydrogens is 352 g/mol. The van der Waals surface area contributed by atoms with Gasteiger partial charge in [-0.15, -0.1) is 0 Å². The number of carbonyl (C=O) groups excluding carboxylic acids is 2. The highest BCUT2D eigenvalue weighted by Crippen LogP contribution is 2.35. The quantitative estimate of drug-likeness (QED) is 0.843. The second-order valence-corrected chi connectivity index (χ2v) is 8.34. The zero-order valence-corrected chi connectivity index (χ0v) is 16.2. The van der Waals surface area contributed by atoms with E-state index in [1.165, 1.54) is 6.92 Å². The molecule has 5 nitrogen and oxygen atoms in total. The van der Waals surface area contributed by atoms with E-state index in [0.717, 1.165) is 44.2 Å². The number of hydrogen-bond acceptors (Lipinski definition) is 3. The van der Waals surface area contributed by atoms with Crippen LogP contribution in [0.4, 0.5) is 5.69 Å². The summed E-state index contributed by atoms with van der Waals surface area (Å²) in [5, 5.41) is 13.4. The van der Waals surface area contributed by atoms with E-state index in [-0.39, 0.29) is 23.8 Å². The Balaban J connectivity index is 1.61. The SMILES string of the molecule is CC(=O)Nc1ccc(CC2CCN(C3CCC(C)(O)CC3)C2=O)c(Cl)c1. The van der Waals surface area contributed by atoms with Crippen LogP contribution in [0.5, 0.6) is 0 Å². The van der Waals surface area contributed by atoms with Crippen molar-refractivity contribution in [2.75, 3.05) is 11.9 Å². The topological polar surface area (TPSA) is 69.6 Å². The molecule has 2 fully saturated rings. The van der Waals surface area contributed by atoms with E-state index in [1.807, 2.05) is 24.0 Å². The fourth-order valence-electron chi connectivity index (χ4n) is 4.11. The van der Waals surface area contributed by atoms with Crippen LogP contribution in [0.3, 0.4) is 0 Å². The van der Waals surface area contributed by atoms with Crippen molar-refractivity contribution in [1.29, 1.82) is 0 Å². The molecule has 0 bridgehead atoms. The van der Waals surface area contributed by atoms with Gasteiger partial charge >= 0.3 is 0 Å². The Labute approximate surface area is 159 Å². The van der Waals surface area contributed by atoms with Crippen LogP contribution < -0.4 is 5.32 Å². The van der Waals surface area contributed by atoms with Gasteiger partial charge in [0.05, 0.1) is 5.60 Å². The molecule has 2 amide bonds. The molecule has 1 aliphatic heterocycles. The summed E-state index contributed by atoms with van der Waals surface area (Å²) in [7, 11) is 0. The third-order valence-corrected chi connectivity index (χ3v) is 6.02. The second kappa shape index (κ2) is 7.57. The monoisotopic (exact) mass is 378 g/mol. The van der Waals surface area contributed by atoms with Crippen molar-refractivity contribution >= 4 is 29.1 Å². The Morgan fingerprint density at radius 3 is 2.65 bits per heavy atom. The van der Waals surface area contributed by atoms with Crippen molar-refractivity contribution < 1.29 is 14.7 Å². The van der Waals surface area contributed by atoms with Crippen molar-refractivity contribution in [3.8, 4) is 0 Å². The summed E-state index contributed by atoms with van der Waals surface area (Å²) in [6, 6.07) is 5.70. The summed E-state index contributed by atoms with van der Waals surface area (Å²) in [5.41, 5.74) is 1.02. The van der Waals surface area contributed by atoms with Crippen LogP contribution in [0.15, 0.2) is 18.2 Å². The summed E-state index contributed by atoms with van der Waals surface area (Å²) in [6.07, 6.45) is 4.72. The number of halogens is 1. The molecule has 1 aromatic rings. The van der Waals surface area contributed by atoms with Gasteiger partial charge in [-0.3, -0.25) is 9.59 Å². The molecule has 2 aliphatic rings. The van der Waals surface area contributed by atoms with Gasteiger partial charge in [-0.25, -0.2) is 0 Å². The minimum Gasteiger partial charge on any atom is -0.390 e. The molecule has 6 heteroatoms. The molecule has 0 radical (unpaired) electrons. The van der Waals surface area contributed by atoms with Crippen LogP contribution in [-0.4, -0.2) is 40.0 Å². The van der Waals surface area contributed by atoms with E-state index < -0.39 is 5.60 Å². The molecule has 1 aliphatic carbocycles. The first kappa shape index (κ1) is 19.2. The van der Waals surface area contributed by atoms with Crippen molar-refractivity contribution in [3.05, 3.63) is 28.8 Å². The van der Waals surface area contributed by atoms with Gasteiger partial charge in [0.15, 0.2) is 0 Å². The number of benzene rings is 1. The molecule has 0 aromatic heterocycles. The van der Waals surface area contributed by atoms with E-state index in [1.54, 1.807) is 6.07 Å². The summed E-state index contributed by atoms with van der Waals surface area (Å²) >= 11 is 6.35. The lowest BCUT2D eigenvalue weighted by atomic mass is 9.83. The highest BCUT2D eigenvalue weighted by molar-refractivity contribution is 6.31. The van der Waals surface area contributed by atoms with E-state index in [0.29, 0.717) is 17.1 Å². The van der Waals surface area contributed by atoms with Crippen LogP contribution in [0.1, 0.15) is 51.5 Å². The molecule has 0 spiro atoms. The van der Waals surface area contributed by atoms with Gasteiger partial charge in [-0.05, 0) is 63.1 Å². The number of anilines is 1. The fraction of sp³-hybridized carbons (Fsp3) is 0.600. The molecule has 1 heterocycles. The Morgan fingerprint density at radius 1 is 1.35 bits per heavy atom. The molecule has 1 atom stereocenters. The fourth-order valence-corrected chi connectivity index (χ4v) is 4.37. The number of hydrogen-bond donors (Lipinski definition) is 2. The third-order valence-electron chi connectivity index (χ3n) is 5.66. The van der Waals surface area contributed by atoms with Crippen molar-refractivity contribution in [2.45, 2.75) is 64.0 Å². The normalized spacial score (nSPS) is 29.1. The average Bonchev–Trinajstić information content (AvgIpc) is 2.90. The maximum atomic E-state index is 12.9. The summed E-state index contributed by atoms with van der Waals surface area (Å²) < 4.78 is 0. The van der Waals surface area contributed by atoms with Crippen molar-refractivity contribution in [1.82, 2.24) is 4.90 Å². The molecule has 3 rings (SSSR count). The van der Waals surface area contributed by atoms with E-state index in [9.17, 15) is 14.7 Å². The first-order valence-electron chi connectivity index (χ1n) is 9.34. The van der Waals surface area contributed by atoms with Crippen LogP contribution in [0.25, 0.3) is 0 Å². The number of nitrogens with one attached hydrogen (secondary N) is 1. The first-order chi connectivity index (χ1) is 12.2.